The highest BCUT2D eigenvalue weighted by atomic mass is 32.1. The average Bonchev–Trinajstić information content (AvgIpc) is 3.04. The number of nitrogens with zero attached hydrogens (tertiary/aromatic N) is 3. The SMILES string of the molecule is CCc1nnc(NC(=O)C2CCCN2C(=O)OC(C)(C)C)s1. The summed E-state index contributed by atoms with van der Waals surface area (Å²) in [4.78, 5) is 26.0. The molecule has 0 bridgehead atoms. The van der Waals surface area contributed by atoms with Crippen LogP contribution in [0.25, 0.3) is 0 Å². The first-order chi connectivity index (χ1) is 10.3. The number of carbonyl (C=O) groups is 2. The van der Waals surface area contributed by atoms with Gasteiger partial charge in [-0.05, 0) is 40.0 Å². The summed E-state index contributed by atoms with van der Waals surface area (Å²) in [6.07, 6.45) is 1.75. The van der Waals surface area contributed by atoms with Gasteiger partial charge in [0.25, 0.3) is 0 Å². The number of aromatic nitrogens is 2. The highest BCUT2D eigenvalue weighted by molar-refractivity contribution is 7.15. The Hall–Kier alpha value is -1.70. The zero-order chi connectivity index (χ0) is 16.3. The molecule has 1 unspecified atom stereocenters. The van der Waals surface area contributed by atoms with Gasteiger partial charge in [-0.1, -0.05) is 18.3 Å². The summed E-state index contributed by atoms with van der Waals surface area (Å²) in [6.45, 7) is 7.94. The van der Waals surface area contributed by atoms with Crippen LogP contribution in [-0.4, -0.2) is 45.3 Å². The number of hydrogen-bond acceptors (Lipinski definition) is 6. The standard InChI is InChI=1S/C14H22N4O3S/c1-5-10-16-17-12(22-10)15-11(19)9-7-6-8-18(9)13(20)21-14(2,3)4/h9H,5-8H2,1-4H3,(H,15,17,19). The van der Waals surface area contributed by atoms with E-state index in [2.05, 4.69) is 15.5 Å². The van der Waals surface area contributed by atoms with Gasteiger partial charge in [-0.3, -0.25) is 15.0 Å². The lowest BCUT2D eigenvalue weighted by molar-refractivity contribution is -0.120. The second-order valence-electron chi connectivity index (χ2n) is 6.18. The molecule has 2 amide bonds. The Bertz CT molecular complexity index is 553. The minimum absolute atomic E-state index is 0.234. The third-order valence-corrected chi connectivity index (χ3v) is 4.17. The van der Waals surface area contributed by atoms with E-state index in [0.29, 0.717) is 18.1 Å². The monoisotopic (exact) mass is 326 g/mol. The van der Waals surface area contributed by atoms with Crippen LogP contribution in [0.4, 0.5) is 9.93 Å². The van der Waals surface area contributed by atoms with Crippen molar-refractivity contribution in [3.8, 4) is 0 Å². The van der Waals surface area contributed by atoms with Gasteiger partial charge in [0.15, 0.2) is 0 Å². The summed E-state index contributed by atoms with van der Waals surface area (Å²) in [5, 5.41) is 12.0. The fourth-order valence-electron chi connectivity index (χ4n) is 2.21. The van der Waals surface area contributed by atoms with E-state index < -0.39 is 17.7 Å². The van der Waals surface area contributed by atoms with Crippen molar-refractivity contribution >= 4 is 28.5 Å². The van der Waals surface area contributed by atoms with Crippen LogP contribution in [-0.2, 0) is 16.0 Å². The Labute approximate surface area is 134 Å². The van der Waals surface area contributed by atoms with Gasteiger partial charge >= 0.3 is 6.09 Å². The van der Waals surface area contributed by atoms with E-state index in [4.69, 9.17) is 4.74 Å². The van der Waals surface area contributed by atoms with Crippen molar-refractivity contribution in [2.45, 2.75) is 58.6 Å². The van der Waals surface area contributed by atoms with Crippen molar-refractivity contribution in [3.63, 3.8) is 0 Å². The predicted octanol–water partition coefficient (Wildman–Crippen LogP) is 2.44. The van der Waals surface area contributed by atoms with Crippen molar-refractivity contribution in [2.75, 3.05) is 11.9 Å². The van der Waals surface area contributed by atoms with Crippen LogP contribution in [0, 0.1) is 0 Å². The van der Waals surface area contributed by atoms with Crippen molar-refractivity contribution in [1.82, 2.24) is 15.1 Å². The van der Waals surface area contributed by atoms with Gasteiger partial charge in [0, 0.05) is 6.54 Å². The molecule has 1 aliphatic rings. The third kappa shape index (κ3) is 4.16. The minimum atomic E-state index is -0.573. The zero-order valence-electron chi connectivity index (χ0n) is 13.4. The van der Waals surface area contributed by atoms with E-state index in [9.17, 15) is 9.59 Å². The molecule has 7 nitrogen and oxygen atoms in total. The van der Waals surface area contributed by atoms with Crippen LogP contribution in [0.1, 0.15) is 45.5 Å². The first kappa shape index (κ1) is 16.7. The summed E-state index contributed by atoms with van der Waals surface area (Å²) >= 11 is 1.35. The second kappa shape index (κ2) is 6.60. The molecule has 22 heavy (non-hydrogen) atoms. The molecule has 1 atom stereocenters. The number of likely N-dealkylation sites (tertiary alicyclic amines) is 1. The summed E-state index contributed by atoms with van der Waals surface area (Å²) in [5.74, 6) is -0.234. The van der Waals surface area contributed by atoms with Crippen molar-refractivity contribution in [2.24, 2.45) is 0 Å². The van der Waals surface area contributed by atoms with Crippen LogP contribution in [0.3, 0.4) is 0 Å². The number of hydrogen-bond donors (Lipinski definition) is 1. The molecule has 2 rings (SSSR count). The zero-order valence-corrected chi connectivity index (χ0v) is 14.2. The van der Waals surface area contributed by atoms with E-state index >= 15 is 0 Å². The summed E-state index contributed by atoms with van der Waals surface area (Å²) < 4.78 is 5.36. The summed E-state index contributed by atoms with van der Waals surface area (Å²) in [5.41, 5.74) is -0.573. The van der Waals surface area contributed by atoms with E-state index in [1.54, 1.807) is 0 Å². The first-order valence-electron chi connectivity index (χ1n) is 7.43. The second-order valence-corrected chi connectivity index (χ2v) is 7.24. The smallest absolute Gasteiger partial charge is 0.410 e. The van der Waals surface area contributed by atoms with Gasteiger partial charge in [0.05, 0.1) is 0 Å². The maximum atomic E-state index is 12.4. The number of anilines is 1. The van der Waals surface area contributed by atoms with Gasteiger partial charge in [-0.2, -0.15) is 0 Å². The normalized spacial score (nSPS) is 18.4. The average molecular weight is 326 g/mol. The molecule has 0 aliphatic carbocycles. The maximum Gasteiger partial charge on any atom is 0.410 e. The molecule has 1 N–H and O–H groups in total. The molecular weight excluding hydrogens is 304 g/mol. The largest absolute Gasteiger partial charge is 0.444 e. The molecule has 0 saturated carbocycles. The van der Waals surface area contributed by atoms with Crippen molar-refractivity contribution < 1.29 is 14.3 Å². The number of rotatable bonds is 3. The molecule has 1 aromatic rings. The quantitative estimate of drug-likeness (QED) is 0.922. The number of nitrogens with one attached hydrogen (secondary N) is 1. The van der Waals surface area contributed by atoms with Crippen LogP contribution in [0.5, 0.6) is 0 Å². The summed E-state index contributed by atoms with van der Waals surface area (Å²) in [6, 6.07) is -0.510. The molecule has 1 saturated heterocycles. The predicted molar refractivity (Wildman–Crippen MR) is 83.9 cm³/mol. The van der Waals surface area contributed by atoms with Crippen LogP contribution in [0.15, 0.2) is 0 Å². The molecule has 1 aromatic heterocycles. The van der Waals surface area contributed by atoms with Crippen molar-refractivity contribution in [3.05, 3.63) is 5.01 Å². The number of amides is 2. The van der Waals surface area contributed by atoms with Gasteiger partial charge in [0.2, 0.25) is 11.0 Å². The molecular formula is C14H22N4O3S. The van der Waals surface area contributed by atoms with Crippen molar-refractivity contribution in [1.29, 1.82) is 0 Å². The topological polar surface area (TPSA) is 84.4 Å². The summed E-state index contributed by atoms with van der Waals surface area (Å²) in [7, 11) is 0. The van der Waals surface area contributed by atoms with E-state index in [1.807, 2.05) is 27.7 Å². The van der Waals surface area contributed by atoms with Crippen LogP contribution < -0.4 is 5.32 Å². The van der Waals surface area contributed by atoms with Gasteiger partial charge < -0.3 is 4.74 Å². The molecule has 2 heterocycles. The minimum Gasteiger partial charge on any atom is -0.444 e. The maximum absolute atomic E-state index is 12.4. The van der Waals surface area contributed by atoms with Crippen LogP contribution in [0.2, 0.25) is 0 Å². The van der Waals surface area contributed by atoms with E-state index in [0.717, 1.165) is 17.8 Å². The first-order valence-corrected chi connectivity index (χ1v) is 8.24. The Morgan fingerprint density at radius 3 is 2.73 bits per heavy atom. The fraction of sp³-hybridized carbons (Fsp3) is 0.714. The Morgan fingerprint density at radius 2 is 2.14 bits per heavy atom. The Morgan fingerprint density at radius 1 is 1.41 bits per heavy atom. The van der Waals surface area contributed by atoms with Gasteiger partial charge in [-0.25, -0.2) is 4.79 Å². The Kier molecular flexibility index (Phi) is 5.00. The Balaban J connectivity index is 2.00. The number of ether oxygens (including phenoxy) is 1. The highest BCUT2D eigenvalue weighted by Gasteiger charge is 2.36. The highest BCUT2D eigenvalue weighted by Crippen LogP contribution is 2.23. The van der Waals surface area contributed by atoms with Gasteiger partial charge in [0.1, 0.15) is 16.7 Å². The third-order valence-electron chi connectivity index (χ3n) is 3.18. The molecule has 0 spiro atoms. The number of carbonyl (C=O) groups excluding carboxylic acids is 2. The lowest BCUT2D eigenvalue weighted by atomic mass is 10.2. The van der Waals surface area contributed by atoms with Crippen LogP contribution >= 0.6 is 11.3 Å². The van der Waals surface area contributed by atoms with Gasteiger partial charge in [-0.15, -0.1) is 10.2 Å². The molecule has 1 fully saturated rings. The molecule has 0 aromatic carbocycles. The fourth-order valence-corrected chi connectivity index (χ4v) is 2.90. The lowest BCUT2D eigenvalue weighted by Gasteiger charge is -2.27. The van der Waals surface area contributed by atoms with E-state index in [1.165, 1.54) is 16.2 Å². The molecule has 8 heteroatoms. The van der Waals surface area contributed by atoms with E-state index in [-0.39, 0.29) is 5.91 Å². The molecule has 1 aliphatic heterocycles. The number of aryl methyl sites for hydroxylation is 1. The molecule has 122 valence electrons. The molecule has 0 radical (unpaired) electrons. The lowest BCUT2D eigenvalue weighted by Crippen LogP contribution is -2.45.